The summed E-state index contributed by atoms with van der Waals surface area (Å²) in [6, 6.07) is 6.14. The summed E-state index contributed by atoms with van der Waals surface area (Å²) >= 11 is 5.82. The van der Waals surface area contributed by atoms with E-state index in [0.717, 1.165) is 32.1 Å². The first-order chi connectivity index (χ1) is 12.3. The third-order valence-corrected chi connectivity index (χ3v) is 6.56. The van der Waals surface area contributed by atoms with E-state index in [-0.39, 0.29) is 46.3 Å². The zero-order valence-corrected chi connectivity index (χ0v) is 19.3. The summed E-state index contributed by atoms with van der Waals surface area (Å²) < 4.78 is 27.7. The van der Waals surface area contributed by atoms with Crippen LogP contribution in [0.5, 0.6) is 0 Å². The number of sulfonamides is 1. The van der Waals surface area contributed by atoms with Gasteiger partial charge in [0.2, 0.25) is 10.0 Å². The maximum Gasteiger partial charge on any atom is 1.00 e. The summed E-state index contributed by atoms with van der Waals surface area (Å²) in [6.45, 7) is 0.404. The number of hydrogen-bond acceptors (Lipinski definition) is 4. The molecule has 1 aliphatic carbocycles. The molecule has 0 radical (unpaired) electrons. The quantitative estimate of drug-likeness (QED) is 0.328. The number of hydrogen-bond donors (Lipinski definition) is 1. The van der Waals surface area contributed by atoms with E-state index in [0.29, 0.717) is 24.4 Å². The van der Waals surface area contributed by atoms with Crippen LogP contribution >= 0.6 is 11.6 Å². The summed E-state index contributed by atoms with van der Waals surface area (Å²) in [5.41, 5.74) is -0.0651. The molecule has 1 aromatic carbocycles. The number of benzene rings is 1. The topological polar surface area (TPSA) is 86.3 Å². The molecule has 27 heavy (non-hydrogen) atoms. The van der Waals surface area contributed by atoms with Crippen molar-refractivity contribution in [1.82, 2.24) is 4.72 Å². The molecule has 0 aromatic heterocycles. The van der Waals surface area contributed by atoms with E-state index < -0.39 is 16.0 Å². The largest absolute Gasteiger partial charge is 1.00 e. The molecule has 5 nitrogen and oxygen atoms in total. The van der Waals surface area contributed by atoms with Gasteiger partial charge in [-0.1, -0.05) is 36.6 Å². The number of carbonyl (C=O) groups is 1. The fourth-order valence-corrected chi connectivity index (χ4v) is 4.62. The van der Waals surface area contributed by atoms with Gasteiger partial charge in [0.15, 0.2) is 0 Å². The van der Waals surface area contributed by atoms with E-state index in [4.69, 9.17) is 11.6 Å². The van der Waals surface area contributed by atoms with E-state index in [9.17, 15) is 18.3 Å². The predicted octanol–water partition coefficient (Wildman–Crippen LogP) is 0.0492. The Labute approximate surface area is 188 Å². The number of carboxylic acid groups (broad SMARTS) is 1. The molecule has 144 valence electrons. The SMILES string of the molecule is O=C([O-])CCC/C=C\CC1(CNS(=O)(=O)c2ccc(Cl)cc2)CCCC1.[Na+]. The van der Waals surface area contributed by atoms with Crippen LogP contribution in [-0.4, -0.2) is 20.9 Å². The standard InChI is InChI=1S/C19H26ClNO4S.Na/c20-16-8-10-17(11-9-16)26(24,25)21-15-19(13-5-6-14-19)12-4-2-1-3-7-18(22)23;/h2,4,8-11,21H,1,3,5-7,12-15H2,(H,22,23);/q;+1/p-1/b4-2-;. The van der Waals surface area contributed by atoms with Gasteiger partial charge in [0.1, 0.15) is 0 Å². The molecule has 0 atom stereocenters. The van der Waals surface area contributed by atoms with Gasteiger partial charge in [-0.3, -0.25) is 0 Å². The van der Waals surface area contributed by atoms with Gasteiger partial charge in [-0.25, -0.2) is 13.1 Å². The number of carboxylic acids is 1. The molecule has 1 aromatic rings. The molecular formula is C19H25ClNNaO4S. The van der Waals surface area contributed by atoms with Crippen LogP contribution in [-0.2, 0) is 14.8 Å². The first-order valence-corrected chi connectivity index (χ1v) is 10.8. The van der Waals surface area contributed by atoms with Gasteiger partial charge in [0.25, 0.3) is 0 Å². The molecule has 1 aliphatic rings. The summed E-state index contributed by atoms with van der Waals surface area (Å²) in [4.78, 5) is 10.6. The maximum absolute atomic E-state index is 12.5. The predicted molar refractivity (Wildman–Crippen MR) is 100 cm³/mol. The van der Waals surface area contributed by atoms with E-state index in [1.807, 2.05) is 6.08 Å². The number of rotatable bonds is 10. The van der Waals surface area contributed by atoms with E-state index in [2.05, 4.69) is 10.8 Å². The van der Waals surface area contributed by atoms with Crippen molar-refractivity contribution >= 4 is 27.6 Å². The molecule has 1 N–H and O–H groups in total. The third kappa shape index (κ3) is 8.26. The van der Waals surface area contributed by atoms with Crippen LogP contribution in [0.4, 0.5) is 0 Å². The molecule has 0 unspecified atom stereocenters. The van der Waals surface area contributed by atoms with Gasteiger partial charge >= 0.3 is 29.6 Å². The molecule has 0 bridgehead atoms. The van der Waals surface area contributed by atoms with Crippen LogP contribution in [0, 0.1) is 5.41 Å². The van der Waals surface area contributed by atoms with Gasteiger partial charge in [-0.2, -0.15) is 0 Å². The molecule has 0 spiro atoms. The molecule has 1 saturated carbocycles. The zero-order chi connectivity index (χ0) is 19.0. The Morgan fingerprint density at radius 1 is 1.19 bits per heavy atom. The van der Waals surface area contributed by atoms with Gasteiger partial charge in [-0.15, -0.1) is 0 Å². The minimum absolute atomic E-state index is 0. The number of carbonyl (C=O) groups excluding carboxylic acids is 1. The summed E-state index contributed by atoms with van der Waals surface area (Å²) in [5.74, 6) is -1.03. The van der Waals surface area contributed by atoms with Crippen molar-refractivity contribution in [2.45, 2.75) is 56.3 Å². The van der Waals surface area contributed by atoms with Crippen molar-refractivity contribution < 1.29 is 47.9 Å². The Hall–Kier alpha value is -0.370. The van der Waals surface area contributed by atoms with Crippen molar-refractivity contribution in [2.75, 3.05) is 6.54 Å². The number of unbranched alkanes of at least 4 members (excludes halogenated alkanes) is 1. The van der Waals surface area contributed by atoms with E-state index in [1.165, 1.54) is 12.1 Å². The molecule has 8 heteroatoms. The average Bonchev–Trinajstić information content (AvgIpc) is 3.06. The number of nitrogens with one attached hydrogen (secondary N) is 1. The molecule has 0 amide bonds. The van der Waals surface area contributed by atoms with Crippen molar-refractivity contribution in [3.8, 4) is 0 Å². The van der Waals surface area contributed by atoms with Crippen LogP contribution < -0.4 is 39.4 Å². The van der Waals surface area contributed by atoms with Crippen LogP contribution in [0.15, 0.2) is 41.3 Å². The van der Waals surface area contributed by atoms with Crippen LogP contribution in [0.3, 0.4) is 0 Å². The first kappa shape index (κ1) is 24.7. The van der Waals surface area contributed by atoms with Crippen molar-refractivity contribution in [1.29, 1.82) is 0 Å². The molecular weight excluding hydrogens is 397 g/mol. The Balaban J connectivity index is 0.00000364. The Bertz CT molecular complexity index is 729. The molecule has 1 fully saturated rings. The fourth-order valence-electron chi connectivity index (χ4n) is 3.34. The molecule has 0 heterocycles. The number of allylic oxidation sites excluding steroid dienone is 2. The third-order valence-electron chi connectivity index (χ3n) is 4.89. The normalized spacial score (nSPS) is 16.3. The van der Waals surface area contributed by atoms with Gasteiger partial charge in [-0.05, 0) is 68.2 Å². The van der Waals surface area contributed by atoms with Gasteiger partial charge < -0.3 is 9.90 Å². The van der Waals surface area contributed by atoms with Gasteiger partial charge in [0.05, 0.1) is 4.90 Å². The van der Waals surface area contributed by atoms with E-state index in [1.54, 1.807) is 12.1 Å². The number of aliphatic carboxylic acids is 1. The monoisotopic (exact) mass is 421 g/mol. The summed E-state index contributed by atoms with van der Waals surface area (Å²) in [5, 5.41) is 10.9. The first-order valence-electron chi connectivity index (χ1n) is 8.93. The fraction of sp³-hybridized carbons (Fsp3) is 0.526. The van der Waals surface area contributed by atoms with Crippen molar-refractivity contribution in [2.24, 2.45) is 5.41 Å². The van der Waals surface area contributed by atoms with E-state index >= 15 is 0 Å². The Morgan fingerprint density at radius 3 is 2.41 bits per heavy atom. The van der Waals surface area contributed by atoms with Gasteiger partial charge in [0, 0.05) is 17.5 Å². The summed E-state index contributed by atoms with van der Waals surface area (Å²) in [7, 11) is -3.56. The second kappa shape index (κ2) is 11.6. The number of halogens is 1. The van der Waals surface area contributed by atoms with Crippen LogP contribution in [0.1, 0.15) is 51.4 Å². The Morgan fingerprint density at radius 2 is 1.81 bits per heavy atom. The average molecular weight is 422 g/mol. The second-order valence-corrected chi connectivity index (χ2v) is 9.13. The minimum atomic E-state index is -3.56. The zero-order valence-electron chi connectivity index (χ0n) is 15.7. The Kier molecular flexibility index (Phi) is 10.6. The minimum Gasteiger partial charge on any atom is -0.550 e. The van der Waals surface area contributed by atoms with Crippen molar-refractivity contribution in [3.05, 3.63) is 41.4 Å². The molecule has 0 saturated heterocycles. The van der Waals surface area contributed by atoms with Crippen LogP contribution in [0.2, 0.25) is 5.02 Å². The molecule has 2 rings (SSSR count). The summed E-state index contributed by atoms with van der Waals surface area (Å²) in [6.07, 6.45) is 10.3. The second-order valence-electron chi connectivity index (χ2n) is 6.93. The van der Waals surface area contributed by atoms with Crippen molar-refractivity contribution in [3.63, 3.8) is 0 Å². The molecule has 0 aliphatic heterocycles. The van der Waals surface area contributed by atoms with Crippen LogP contribution in [0.25, 0.3) is 0 Å². The maximum atomic E-state index is 12.5. The smallest absolute Gasteiger partial charge is 0.550 e.